The predicted octanol–water partition coefficient (Wildman–Crippen LogP) is 2.23. The first-order chi connectivity index (χ1) is 10.7. The van der Waals surface area contributed by atoms with Crippen LogP contribution in [0.2, 0.25) is 0 Å². The zero-order chi connectivity index (χ0) is 16.2. The molecule has 0 amide bonds. The lowest BCUT2D eigenvalue weighted by molar-refractivity contribution is 0.124. The molecule has 1 saturated heterocycles. The summed E-state index contributed by atoms with van der Waals surface area (Å²) in [6.45, 7) is 16.0. The molecule has 0 aliphatic carbocycles. The van der Waals surface area contributed by atoms with Gasteiger partial charge in [0.25, 0.3) is 0 Å². The number of halogens is 1. The standard InChI is InChI=1S/C17H37N5.HI/c1-5-7-8-9-19-17(18-4)20-14-16(3)15-22-12-10-21(6-2)11-13-22;/h16H,5-15H2,1-4H3,(H2,18,19,20);1H. The minimum Gasteiger partial charge on any atom is -0.356 e. The van der Waals surface area contributed by atoms with Crippen LogP contribution in [-0.4, -0.2) is 75.2 Å². The third-order valence-electron chi connectivity index (χ3n) is 4.40. The van der Waals surface area contributed by atoms with Crippen molar-refractivity contribution in [3.63, 3.8) is 0 Å². The van der Waals surface area contributed by atoms with Crippen LogP contribution in [0.4, 0.5) is 0 Å². The van der Waals surface area contributed by atoms with Crippen molar-refractivity contribution < 1.29 is 0 Å². The molecule has 0 aromatic rings. The Morgan fingerprint density at radius 2 is 1.70 bits per heavy atom. The molecule has 0 spiro atoms. The Bertz CT molecular complexity index is 303. The Hall–Kier alpha value is -0.0800. The first kappa shape index (κ1) is 22.9. The van der Waals surface area contributed by atoms with E-state index in [1.54, 1.807) is 0 Å². The second-order valence-electron chi connectivity index (χ2n) is 6.43. The molecule has 1 rings (SSSR count). The lowest BCUT2D eigenvalue weighted by atomic mass is 10.1. The normalized spacial score (nSPS) is 18.3. The number of nitrogens with one attached hydrogen (secondary N) is 2. The summed E-state index contributed by atoms with van der Waals surface area (Å²) in [6, 6.07) is 0. The zero-order valence-electron chi connectivity index (χ0n) is 15.6. The van der Waals surface area contributed by atoms with E-state index in [-0.39, 0.29) is 24.0 Å². The number of rotatable bonds is 9. The maximum atomic E-state index is 4.30. The number of guanidine groups is 1. The minimum atomic E-state index is 0. The fraction of sp³-hybridized carbons (Fsp3) is 0.941. The summed E-state index contributed by atoms with van der Waals surface area (Å²) < 4.78 is 0. The highest BCUT2D eigenvalue weighted by Crippen LogP contribution is 2.05. The lowest BCUT2D eigenvalue weighted by Crippen LogP contribution is -2.48. The minimum absolute atomic E-state index is 0. The maximum absolute atomic E-state index is 4.30. The van der Waals surface area contributed by atoms with Gasteiger partial charge in [0.15, 0.2) is 5.96 Å². The SMILES string of the molecule is CCCCCNC(=NC)NCC(C)CN1CCN(CC)CC1.I. The zero-order valence-corrected chi connectivity index (χ0v) is 17.9. The third kappa shape index (κ3) is 10.4. The molecular formula is C17H38IN5. The summed E-state index contributed by atoms with van der Waals surface area (Å²) >= 11 is 0. The van der Waals surface area contributed by atoms with Gasteiger partial charge >= 0.3 is 0 Å². The molecule has 0 bridgehead atoms. The second-order valence-corrected chi connectivity index (χ2v) is 6.43. The van der Waals surface area contributed by atoms with E-state index in [1.165, 1.54) is 58.5 Å². The molecule has 0 aromatic carbocycles. The molecule has 1 fully saturated rings. The fourth-order valence-electron chi connectivity index (χ4n) is 2.87. The van der Waals surface area contributed by atoms with Crippen molar-refractivity contribution in [1.82, 2.24) is 20.4 Å². The van der Waals surface area contributed by atoms with Crippen LogP contribution in [0.3, 0.4) is 0 Å². The number of likely N-dealkylation sites (N-methyl/N-ethyl adjacent to an activating group) is 1. The van der Waals surface area contributed by atoms with Gasteiger partial charge in [0, 0.05) is 52.9 Å². The monoisotopic (exact) mass is 439 g/mol. The Balaban J connectivity index is 0.00000484. The molecule has 2 N–H and O–H groups in total. The Morgan fingerprint density at radius 1 is 1.04 bits per heavy atom. The molecule has 1 aliphatic heterocycles. The average molecular weight is 439 g/mol. The van der Waals surface area contributed by atoms with Crippen LogP contribution >= 0.6 is 24.0 Å². The highest BCUT2D eigenvalue weighted by molar-refractivity contribution is 14.0. The fourth-order valence-corrected chi connectivity index (χ4v) is 2.87. The molecule has 5 nitrogen and oxygen atoms in total. The van der Waals surface area contributed by atoms with Crippen molar-refractivity contribution in [2.45, 2.75) is 40.0 Å². The van der Waals surface area contributed by atoms with E-state index in [1.807, 2.05) is 7.05 Å². The first-order valence-electron chi connectivity index (χ1n) is 9.08. The molecule has 1 atom stereocenters. The molecule has 1 heterocycles. The van der Waals surface area contributed by atoms with Crippen LogP contribution in [0.5, 0.6) is 0 Å². The topological polar surface area (TPSA) is 42.9 Å². The molecule has 0 saturated carbocycles. The Kier molecular flexibility index (Phi) is 14.2. The summed E-state index contributed by atoms with van der Waals surface area (Å²) in [5, 5.41) is 6.85. The van der Waals surface area contributed by atoms with Crippen molar-refractivity contribution in [3.8, 4) is 0 Å². The van der Waals surface area contributed by atoms with E-state index >= 15 is 0 Å². The Morgan fingerprint density at radius 3 is 2.26 bits per heavy atom. The van der Waals surface area contributed by atoms with E-state index in [0.717, 1.165) is 19.0 Å². The van der Waals surface area contributed by atoms with Crippen molar-refractivity contribution in [2.75, 3.05) is 59.4 Å². The second kappa shape index (κ2) is 14.3. The number of aliphatic imine (C=N–C) groups is 1. The lowest BCUT2D eigenvalue weighted by Gasteiger charge is -2.35. The number of hydrogen-bond donors (Lipinski definition) is 2. The average Bonchev–Trinajstić information content (AvgIpc) is 2.55. The van der Waals surface area contributed by atoms with Gasteiger partial charge in [0.2, 0.25) is 0 Å². The van der Waals surface area contributed by atoms with Gasteiger partial charge in [-0.15, -0.1) is 24.0 Å². The molecule has 1 aliphatic rings. The molecule has 138 valence electrons. The number of nitrogens with zero attached hydrogens (tertiary/aromatic N) is 3. The van der Waals surface area contributed by atoms with Gasteiger partial charge in [-0.25, -0.2) is 0 Å². The summed E-state index contributed by atoms with van der Waals surface area (Å²) in [5.41, 5.74) is 0. The van der Waals surface area contributed by atoms with E-state index in [4.69, 9.17) is 0 Å². The molecular weight excluding hydrogens is 401 g/mol. The molecule has 6 heteroatoms. The van der Waals surface area contributed by atoms with Gasteiger partial charge in [-0.05, 0) is 18.9 Å². The molecule has 1 unspecified atom stereocenters. The highest BCUT2D eigenvalue weighted by atomic mass is 127. The van der Waals surface area contributed by atoms with Crippen molar-refractivity contribution in [2.24, 2.45) is 10.9 Å². The first-order valence-corrected chi connectivity index (χ1v) is 9.08. The number of hydrogen-bond acceptors (Lipinski definition) is 3. The smallest absolute Gasteiger partial charge is 0.190 e. The highest BCUT2D eigenvalue weighted by Gasteiger charge is 2.17. The summed E-state index contributed by atoms with van der Waals surface area (Å²) in [6.07, 6.45) is 3.76. The van der Waals surface area contributed by atoms with Crippen LogP contribution < -0.4 is 10.6 Å². The van der Waals surface area contributed by atoms with Crippen LogP contribution in [-0.2, 0) is 0 Å². The molecule has 23 heavy (non-hydrogen) atoms. The van der Waals surface area contributed by atoms with Crippen LogP contribution in [0.15, 0.2) is 4.99 Å². The Labute approximate surface area is 160 Å². The van der Waals surface area contributed by atoms with E-state index in [9.17, 15) is 0 Å². The van der Waals surface area contributed by atoms with Crippen molar-refractivity contribution in [3.05, 3.63) is 0 Å². The van der Waals surface area contributed by atoms with Crippen molar-refractivity contribution >= 4 is 29.9 Å². The third-order valence-corrected chi connectivity index (χ3v) is 4.40. The molecule has 0 aromatic heterocycles. The van der Waals surface area contributed by atoms with Gasteiger partial charge in [0.1, 0.15) is 0 Å². The van der Waals surface area contributed by atoms with Gasteiger partial charge in [-0.3, -0.25) is 4.99 Å². The molecule has 0 radical (unpaired) electrons. The van der Waals surface area contributed by atoms with Gasteiger partial charge < -0.3 is 20.4 Å². The van der Waals surface area contributed by atoms with Gasteiger partial charge in [0.05, 0.1) is 0 Å². The van der Waals surface area contributed by atoms with E-state index in [2.05, 4.69) is 46.2 Å². The summed E-state index contributed by atoms with van der Waals surface area (Å²) in [7, 11) is 1.85. The quantitative estimate of drug-likeness (QED) is 0.250. The largest absolute Gasteiger partial charge is 0.356 e. The predicted molar refractivity (Wildman–Crippen MR) is 112 cm³/mol. The van der Waals surface area contributed by atoms with Crippen LogP contribution in [0.1, 0.15) is 40.0 Å². The van der Waals surface area contributed by atoms with Crippen molar-refractivity contribution in [1.29, 1.82) is 0 Å². The van der Waals surface area contributed by atoms with E-state index in [0.29, 0.717) is 5.92 Å². The van der Waals surface area contributed by atoms with Gasteiger partial charge in [-0.1, -0.05) is 33.6 Å². The summed E-state index contributed by atoms with van der Waals surface area (Å²) in [5.74, 6) is 1.58. The number of piperazine rings is 1. The van der Waals surface area contributed by atoms with Crippen LogP contribution in [0, 0.1) is 5.92 Å². The van der Waals surface area contributed by atoms with Gasteiger partial charge in [-0.2, -0.15) is 0 Å². The number of unbranched alkanes of at least 4 members (excludes halogenated alkanes) is 2. The van der Waals surface area contributed by atoms with Crippen LogP contribution in [0.25, 0.3) is 0 Å². The maximum Gasteiger partial charge on any atom is 0.190 e. The van der Waals surface area contributed by atoms with E-state index < -0.39 is 0 Å². The summed E-state index contributed by atoms with van der Waals surface area (Å²) in [4.78, 5) is 9.42.